The summed E-state index contributed by atoms with van der Waals surface area (Å²) in [5, 5.41) is 6.42. The fourth-order valence-corrected chi connectivity index (χ4v) is 2.71. The number of hydrogen-bond donors (Lipinski definition) is 2. The highest BCUT2D eigenvalue weighted by Gasteiger charge is 2.03. The van der Waals surface area contributed by atoms with Crippen molar-refractivity contribution in [3.8, 4) is 0 Å². The van der Waals surface area contributed by atoms with Gasteiger partial charge in [-0.3, -0.25) is 0 Å². The average molecular weight is 390 g/mol. The van der Waals surface area contributed by atoms with E-state index in [0.29, 0.717) is 25.0 Å². The molecule has 0 amide bonds. The predicted octanol–water partition coefficient (Wildman–Crippen LogP) is 3.81. The molecule has 1 aromatic carbocycles. The number of rotatable bonds is 6. The van der Waals surface area contributed by atoms with Gasteiger partial charge in [0.05, 0.1) is 0 Å². The van der Waals surface area contributed by atoms with E-state index in [4.69, 9.17) is 23.2 Å². The molecule has 0 aliphatic rings. The van der Waals surface area contributed by atoms with Gasteiger partial charge in [0, 0.05) is 24.5 Å². The fraction of sp³-hybridized carbons (Fsp3) is 0.235. The van der Waals surface area contributed by atoms with Crippen LogP contribution in [0.5, 0.6) is 0 Å². The van der Waals surface area contributed by atoms with Crippen molar-refractivity contribution < 1.29 is 0 Å². The van der Waals surface area contributed by atoms with E-state index in [1.54, 1.807) is 0 Å². The molecule has 0 spiro atoms. The molecule has 0 aliphatic heterocycles. The third-order valence-electron chi connectivity index (χ3n) is 3.49. The summed E-state index contributed by atoms with van der Waals surface area (Å²) >= 11 is 11.5. The van der Waals surface area contributed by atoms with Crippen molar-refractivity contribution in [2.24, 2.45) is 0 Å². The molecule has 0 bridgehead atoms. The molecule has 0 atom stereocenters. The Kier molecular flexibility index (Phi) is 5.80. The second-order valence-corrected chi connectivity index (χ2v) is 6.37. The zero-order chi connectivity index (χ0) is 18.5. The van der Waals surface area contributed by atoms with Gasteiger partial charge in [-0.1, -0.05) is 24.3 Å². The highest BCUT2D eigenvalue weighted by atomic mass is 35.5. The Labute approximate surface area is 161 Å². The van der Waals surface area contributed by atoms with Crippen LogP contribution in [0.4, 0.5) is 11.9 Å². The summed E-state index contributed by atoms with van der Waals surface area (Å²) in [5.74, 6) is 0.976. The van der Waals surface area contributed by atoms with Gasteiger partial charge >= 0.3 is 0 Å². The molecule has 2 heterocycles. The van der Waals surface area contributed by atoms with Crippen LogP contribution in [0.1, 0.15) is 22.5 Å². The van der Waals surface area contributed by atoms with Crippen LogP contribution >= 0.6 is 23.2 Å². The Morgan fingerprint density at radius 3 is 1.58 bits per heavy atom. The third-order valence-corrected chi connectivity index (χ3v) is 3.83. The summed E-state index contributed by atoms with van der Waals surface area (Å²) in [4.78, 5) is 20.4. The summed E-state index contributed by atoms with van der Waals surface area (Å²) in [6.07, 6.45) is 0. The number of halogens is 2. The SMILES string of the molecule is Cc1cc(C)nc(NCc2ccc(CNc3nc(Cl)nc(Cl)n3)cc2)n1. The van der Waals surface area contributed by atoms with Crippen molar-refractivity contribution in [2.45, 2.75) is 26.9 Å². The van der Waals surface area contributed by atoms with Gasteiger partial charge in [0.25, 0.3) is 0 Å². The number of benzene rings is 1. The largest absolute Gasteiger partial charge is 0.350 e. The molecule has 0 saturated carbocycles. The molecule has 0 saturated heterocycles. The molecule has 3 aromatic rings. The Hall–Kier alpha value is -2.51. The van der Waals surface area contributed by atoms with Crippen molar-refractivity contribution in [2.75, 3.05) is 10.6 Å². The van der Waals surface area contributed by atoms with Crippen LogP contribution in [-0.4, -0.2) is 24.9 Å². The third kappa shape index (κ3) is 5.24. The van der Waals surface area contributed by atoms with Crippen LogP contribution in [-0.2, 0) is 13.1 Å². The maximum atomic E-state index is 5.75. The molecule has 0 radical (unpaired) electrons. The quantitative estimate of drug-likeness (QED) is 0.662. The van der Waals surface area contributed by atoms with Crippen LogP contribution in [0.25, 0.3) is 0 Å². The predicted molar refractivity (Wildman–Crippen MR) is 102 cm³/mol. The van der Waals surface area contributed by atoms with Crippen LogP contribution in [0.3, 0.4) is 0 Å². The zero-order valence-electron chi connectivity index (χ0n) is 14.3. The summed E-state index contributed by atoms with van der Waals surface area (Å²) < 4.78 is 0. The van der Waals surface area contributed by atoms with E-state index in [-0.39, 0.29) is 10.6 Å². The van der Waals surface area contributed by atoms with Gasteiger partial charge in [0.15, 0.2) is 0 Å². The minimum absolute atomic E-state index is 0.0579. The lowest BCUT2D eigenvalue weighted by Gasteiger charge is -2.08. The number of aromatic nitrogens is 5. The Bertz CT molecular complexity index is 785. The van der Waals surface area contributed by atoms with E-state index < -0.39 is 0 Å². The number of aryl methyl sites for hydroxylation is 2. The normalized spacial score (nSPS) is 10.6. The fourth-order valence-electron chi connectivity index (χ4n) is 2.35. The first-order valence-electron chi connectivity index (χ1n) is 7.93. The summed E-state index contributed by atoms with van der Waals surface area (Å²) in [5.41, 5.74) is 4.09. The highest BCUT2D eigenvalue weighted by Crippen LogP contribution is 2.12. The van der Waals surface area contributed by atoms with Crippen LogP contribution in [0, 0.1) is 13.8 Å². The average Bonchev–Trinajstić information content (AvgIpc) is 2.57. The molecule has 3 rings (SSSR count). The standard InChI is InChI=1S/C17H17Cl2N7/c1-10-7-11(2)23-16(22-10)20-8-12-3-5-13(6-4-12)9-21-17-25-14(18)24-15(19)26-17/h3-7H,8-9H2,1-2H3,(H,20,22,23)(H,21,24,25,26). The maximum Gasteiger partial charge on any atom is 0.228 e. The Balaban J connectivity index is 1.56. The van der Waals surface area contributed by atoms with E-state index >= 15 is 0 Å². The van der Waals surface area contributed by atoms with Crippen molar-refractivity contribution in [1.82, 2.24) is 24.9 Å². The molecule has 26 heavy (non-hydrogen) atoms. The molecule has 0 aliphatic carbocycles. The van der Waals surface area contributed by atoms with Gasteiger partial charge in [-0.2, -0.15) is 15.0 Å². The minimum atomic E-state index is 0.0579. The van der Waals surface area contributed by atoms with E-state index in [1.165, 1.54) is 0 Å². The molecule has 0 fully saturated rings. The van der Waals surface area contributed by atoms with Crippen LogP contribution in [0.15, 0.2) is 30.3 Å². The molecule has 2 aromatic heterocycles. The van der Waals surface area contributed by atoms with Gasteiger partial charge < -0.3 is 10.6 Å². The Morgan fingerprint density at radius 1 is 0.692 bits per heavy atom. The number of nitrogens with zero attached hydrogens (tertiary/aromatic N) is 5. The number of hydrogen-bond acceptors (Lipinski definition) is 7. The monoisotopic (exact) mass is 389 g/mol. The highest BCUT2D eigenvalue weighted by molar-refractivity contribution is 6.31. The number of anilines is 2. The minimum Gasteiger partial charge on any atom is -0.350 e. The molecule has 0 unspecified atom stereocenters. The molecule has 9 heteroatoms. The van der Waals surface area contributed by atoms with Gasteiger partial charge in [-0.25, -0.2) is 9.97 Å². The first-order chi connectivity index (χ1) is 12.5. The van der Waals surface area contributed by atoms with E-state index in [0.717, 1.165) is 22.5 Å². The van der Waals surface area contributed by atoms with Crippen molar-refractivity contribution in [3.05, 3.63) is 63.4 Å². The smallest absolute Gasteiger partial charge is 0.228 e. The van der Waals surface area contributed by atoms with E-state index in [9.17, 15) is 0 Å². The number of nitrogens with one attached hydrogen (secondary N) is 2. The molecular weight excluding hydrogens is 373 g/mol. The van der Waals surface area contributed by atoms with Gasteiger partial charge in [0.2, 0.25) is 22.5 Å². The summed E-state index contributed by atoms with van der Waals surface area (Å²) in [6.45, 7) is 5.10. The van der Waals surface area contributed by atoms with Crippen LogP contribution in [0.2, 0.25) is 10.6 Å². The van der Waals surface area contributed by atoms with Crippen LogP contribution < -0.4 is 10.6 Å². The second kappa shape index (κ2) is 8.25. The first-order valence-corrected chi connectivity index (χ1v) is 8.68. The first kappa shape index (κ1) is 18.3. The van der Waals surface area contributed by atoms with E-state index in [2.05, 4.69) is 35.6 Å². The zero-order valence-corrected chi connectivity index (χ0v) is 15.8. The van der Waals surface area contributed by atoms with Gasteiger partial charge in [-0.05, 0) is 54.2 Å². The second-order valence-electron chi connectivity index (χ2n) is 5.69. The molecular formula is C17H17Cl2N7. The summed E-state index contributed by atoms with van der Waals surface area (Å²) in [7, 11) is 0. The topological polar surface area (TPSA) is 88.5 Å². The summed E-state index contributed by atoms with van der Waals surface area (Å²) in [6, 6.07) is 10.1. The van der Waals surface area contributed by atoms with Crippen molar-refractivity contribution >= 4 is 35.1 Å². The molecule has 7 nitrogen and oxygen atoms in total. The Morgan fingerprint density at radius 2 is 1.12 bits per heavy atom. The van der Waals surface area contributed by atoms with Gasteiger partial charge in [-0.15, -0.1) is 0 Å². The maximum absolute atomic E-state index is 5.75. The lowest BCUT2D eigenvalue weighted by Crippen LogP contribution is -2.06. The molecule has 2 N–H and O–H groups in total. The van der Waals surface area contributed by atoms with Crippen molar-refractivity contribution in [1.29, 1.82) is 0 Å². The molecule has 134 valence electrons. The van der Waals surface area contributed by atoms with Gasteiger partial charge in [0.1, 0.15) is 0 Å². The van der Waals surface area contributed by atoms with Crippen molar-refractivity contribution in [3.63, 3.8) is 0 Å². The lowest BCUT2D eigenvalue weighted by molar-refractivity contribution is 0.993. The van der Waals surface area contributed by atoms with E-state index in [1.807, 2.05) is 44.2 Å². The lowest BCUT2D eigenvalue weighted by atomic mass is 10.1.